The monoisotopic (exact) mass is 800 g/mol. The molecule has 272 valence electrons. The molecule has 4 aromatic heterocycles. The fraction of sp³-hybridized carbons (Fsp3) is 0.263. The highest BCUT2D eigenvalue weighted by Gasteiger charge is 2.22. The molecule has 0 aliphatic heterocycles. The summed E-state index contributed by atoms with van der Waals surface area (Å²) in [5.74, 6) is -0.198. The summed E-state index contributed by atoms with van der Waals surface area (Å²) in [7, 11) is -4.10. The molecule has 0 aliphatic rings. The molecule has 0 unspecified atom stereocenters. The van der Waals surface area contributed by atoms with Gasteiger partial charge in [-0.25, -0.2) is 19.6 Å². The highest BCUT2D eigenvalue weighted by molar-refractivity contribution is 9.10. The first-order chi connectivity index (χ1) is 24.6. The minimum Gasteiger partial charge on any atom is -0.460 e. The van der Waals surface area contributed by atoms with Crippen molar-refractivity contribution in [2.75, 3.05) is 13.2 Å². The van der Waals surface area contributed by atoms with Crippen LogP contribution in [0.2, 0.25) is 39.3 Å². The van der Waals surface area contributed by atoms with Gasteiger partial charge in [0.2, 0.25) is 11.6 Å². The minimum absolute atomic E-state index is 0.291. The molecule has 0 bridgehead atoms. The molecular weight excluding hydrogens is 755 g/mol. The zero-order valence-electron chi connectivity index (χ0n) is 30.9. The number of rotatable bonds is 8. The van der Waals surface area contributed by atoms with Crippen LogP contribution in [0.3, 0.4) is 0 Å². The van der Waals surface area contributed by atoms with E-state index in [0.29, 0.717) is 34.9 Å². The highest BCUT2D eigenvalue weighted by Crippen LogP contribution is 2.25. The molecule has 52 heavy (non-hydrogen) atoms. The maximum atomic E-state index is 12.2. The molecule has 0 aliphatic carbocycles. The molecule has 0 saturated carbocycles. The molecule has 2 aromatic carbocycles. The van der Waals surface area contributed by atoms with Crippen LogP contribution in [0, 0.1) is 0 Å². The number of fused-ring (bicyclic) bond motifs is 2. The topological polar surface area (TPSA) is 128 Å². The Balaban J connectivity index is 0.000000186. The maximum Gasteiger partial charge on any atom is 0.488 e. The van der Waals surface area contributed by atoms with Gasteiger partial charge in [-0.2, -0.15) is 0 Å². The average molecular weight is 802 g/mol. The van der Waals surface area contributed by atoms with Crippen LogP contribution < -0.4 is 15.8 Å². The Hall–Kier alpha value is -4.34. The van der Waals surface area contributed by atoms with E-state index in [1.807, 2.05) is 60.8 Å². The normalized spacial score (nSPS) is 11.3. The first kappa shape index (κ1) is 40.4. The molecule has 0 fully saturated rings. The van der Waals surface area contributed by atoms with E-state index in [2.05, 4.69) is 89.4 Å². The molecule has 6 rings (SSSR count). The Morgan fingerprint density at radius 3 is 1.73 bits per heavy atom. The Morgan fingerprint density at radius 2 is 1.19 bits per heavy atom. The summed E-state index contributed by atoms with van der Waals surface area (Å²) in [6.07, 6.45) is 3.62. The van der Waals surface area contributed by atoms with Gasteiger partial charge in [0.15, 0.2) is 0 Å². The van der Waals surface area contributed by atoms with Crippen molar-refractivity contribution in [1.82, 2.24) is 18.8 Å². The lowest BCUT2D eigenvalue weighted by molar-refractivity contribution is 0.0502. The third-order valence-electron chi connectivity index (χ3n) is 8.02. The van der Waals surface area contributed by atoms with Crippen molar-refractivity contribution >= 4 is 78.0 Å². The summed E-state index contributed by atoms with van der Waals surface area (Å²) >= 11 is 3.30. The number of aromatic nitrogens is 4. The molecule has 0 spiro atoms. The maximum absolute atomic E-state index is 12.2. The average Bonchev–Trinajstić information content (AvgIpc) is 3.67. The van der Waals surface area contributed by atoms with Gasteiger partial charge >= 0.3 is 19.1 Å². The van der Waals surface area contributed by atoms with Gasteiger partial charge in [-0.3, -0.25) is 8.80 Å². The van der Waals surface area contributed by atoms with Gasteiger partial charge in [0.05, 0.1) is 46.1 Å². The number of esters is 2. The number of carbonyl (C=O) groups excluding carboxylic acids is 2. The van der Waals surface area contributed by atoms with Crippen LogP contribution in [-0.4, -0.2) is 77.2 Å². The molecule has 0 amide bonds. The first-order valence-corrected chi connectivity index (χ1v) is 24.9. The molecule has 0 saturated heterocycles. The fourth-order valence-corrected chi connectivity index (χ4v) is 8.10. The molecular formula is C38H46BBrN4O6Si2. The predicted molar refractivity (Wildman–Crippen MR) is 218 cm³/mol. The quantitative estimate of drug-likeness (QED) is 0.144. The third-order valence-corrected chi connectivity index (χ3v) is 12.7. The summed E-state index contributed by atoms with van der Waals surface area (Å²) in [6.45, 7) is 17.9. The molecule has 2 N–H and O–H groups in total. The van der Waals surface area contributed by atoms with Gasteiger partial charge in [0.1, 0.15) is 4.60 Å². The lowest BCUT2D eigenvalue weighted by Gasteiger charge is -2.17. The number of benzene rings is 2. The van der Waals surface area contributed by atoms with E-state index in [-0.39, 0.29) is 0 Å². The third kappa shape index (κ3) is 9.95. The molecule has 10 nitrogen and oxygen atoms in total. The van der Waals surface area contributed by atoms with Crippen molar-refractivity contribution in [1.29, 1.82) is 0 Å². The van der Waals surface area contributed by atoms with Gasteiger partial charge in [-0.05, 0) is 59.5 Å². The second kappa shape index (κ2) is 17.5. The van der Waals surface area contributed by atoms with Crippen LogP contribution >= 0.6 is 15.9 Å². The number of pyridine rings is 2. The van der Waals surface area contributed by atoms with Crippen LogP contribution in [0.4, 0.5) is 0 Å². The SMILES string of the molecule is CCOC(=O)c1nc(-c2cccc([Si](C)(C)C)c2)c2ccccn12.CCOC(=O)c1nc(Br)c2ccccn12.C[Si](C)(C)c1cccc(B(O)O)c1. The van der Waals surface area contributed by atoms with E-state index in [1.165, 1.54) is 10.4 Å². The summed E-state index contributed by atoms with van der Waals surface area (Å²) in [5, 5.41) is 20.6. The number of ether oxygens (including phenoxy) is 2. The summed E-state index contributed by atoms with van der Waals surface area (Å²) in [4.78, 5) is 32.5. The number of hydrogen-bond donors (Lipinski definition) is 2. The van der Waals surface area contributed by atoms with Gasteiger partial charge in [0, 0.05) is 18.0 Å². The summed E-state index contributed by atoms with van der Waals surface area (Å²) in [6, 6.07) is 27.5. The highest BCUT2D eigenvalue weighted by atomic mass is 79.9. The van der Waals surface area contributed by atoms with E-state index in [0.717, 1.165) is 22.3 Å². The standard InChI is InChI=1S/C19H22N2O2Si.C10H9BrN2O2.C9H15BO2Si/c1-5-23-19(22)18-20-17(16-11-6-7-12-21(16)18)14-9-8-10-15(13-14)24(2,3)4;1-2-15-10(14)9-12-8(11)7-5-3-4-6-13(7)9;1-13(2,3)9-6-4-5-8(7-9)10(11)12/h6-13H,5H2,1-4H3;3-6H,2H2,1H3;4-7,11-12H,1-3H3. The van der Waals surface area contributed by atoms with Crippen LogP contribution in [0.25, 0.3) is 22.3 Å². The lowest BCUT2D eigenvalue weighted by Crippen LogP contribution is -2.42. The largest absolute Gasteiger partial charge is 0.488 e. The van der Waals surface area contributed by atoms with E-state index in [1.54, 1.807) is 34.9 Å². The summed E-state index contributed by atoms with van der Waals surface area (Å²) in [5.41, 5.74) is 4.20. The van der Waals surface area contributed by atoms with E-state index in [4.69, 9.17) is 19.5 Å². The predicted octanol–water partition coefficient (Wildman–Crippen LogP) is 5.91. The van der Waals surface area contributed by atoms with Crippen LogP contribution in [-0.2, 0) is 9.47 Å². The van der Waals surface area contributed by atoms with Crippen molar-refractivity contribution in [2.24, 2.45) is 0 Å². The molecule has 0 radical (unpaired) electrons. The van der Waals surface area contributed by atoms with E-state index < -0.39 is 35.2 Å². The number of nitrogens with zero attached hydrogens (tertiary/aromatic N) is 4. The number of halogens is 1. The number of hydrogen-bond acceptors (Lipinski definition) is 8. The Labute approximate surface area is 315 Å². The van der Waals surface area contributed by atoms with Crippen molar-refractivity contribution in [3.05, 3.63) is 114 Å². The smallest absolute Gasteiger partial charge is 0.460 e. The van der Waals surface area contributed by atoms with Gasteiger partial charge in [0.25, 0.3) is 0 Å². The van der Waals surface area contributed by atoms with E-state index >= 15 is 0 Å². The van der Waals surface area contributed by atoms with Crippen molar-refractivity contribution in [2.45, 2.75) is 53.1 Å². The minimum atomic E-state index is -1.42. The zero-order chi connectivity index (χ0) is 38.2. The molecule has 14 heteroatoms. The Bertz CT molecular complexity index is 2160. The Morgan fingerprint density at radius 1 is 0.692 bits per heavy atom. The lowest BCUT2D eigenvalue weighted by atomic mass is 9.80. The Kier molecular flexibility index (Phi) is 13.6. The van der Waals surface area contributed by atoms with Crippen LogP contribution in [0.1, 0.15) is 35.1 Å². The van der Waals surface area contributed by atoms with Gasteiger partial charge in [-0.15, -0.1) is 0 Å². The molecule has 4 heterocycles. The number of carbonyl (C=O) groups is 2. The van der Waals surface area contributed by atoms with Crippen molar-refractivity contribution in [3.8, 4) is 11.3 Å². The van der Waals surface area contributed by atoms with Crippen LogP contribution in [0.15, 0.2) is 102 Å². The fourth-order valence-electron chi connectivity index (χ4n) is 5.23. The number of imidazole rings is 2. The summed E-state index contributed by atoms with van der Waals surface area (Å²) < 4.78 is 14.2. The van der Waals surface area contributed by atoms with Gasteiger partial charge < -0.3 is 19.5 Å². The van der Waals surface area contributed by atoms with Crippen molar-refractivity contribution < 1.29 is 29.1 Å². The van der Waals surface area contributed by atoms with Crippen LogP contribution in [0.5, 0.6) is 0 Å². The second-order valence-corrected chi connectivity index (χ2v) is 24.8. The second-order valence-electron chi connectivity index (χ2n) is 13.9. The van der Waals surface area contributed by atoms with Gasteiger partial charge in [-0.1, -0.05) is 110 Å². The zero-order valence-corrected chi connectivity index (χ0v) is 34.5. The van der Waals surface area contributed by atoms with Crippen molar-refractivity contribution in [3.63, 3.8) is 0 Å². The molecule has 0 atom stereocenters. The first-order valence-electron chi connectivity index (χ1n) is 17.1. The molecule has 6 aromatic rings. The van der Waals surface area contributed by atoms with E-state index in [9.17, 15) is 9.59 Å².